The predicted molar refractivity (Wildman–Crippen MR) is 99.2 cm³/mol. The minimum atomic E-state index is -0.405. The molecule has 0 fully saturated rings. The van der Waals surface area contributed by atoms with Crippen LogP contribution in [0, 0.1) is 12.3 Å². The fraction of sp³-hybridized carbons (Fsp3) is 0.167. The number of carbonyl (C=O) groups is 2. The molecule has 2 amide bonds. The second kappa shape index (κ2) is 8.31. The van der Waals surface area contributed by atoms with Crippen LogP contribution in [0.5, 0.6) is 0 Å². The highest BCUT2D eigenvalue weighted by Crippen LogP contribution is 2.17. The number of hydrogen-bond acceptors (Lipinski definition) is 3. The van der Waals surface area contributed by atoms with Crippen molar-refractivity contribution in [3.63, 3.8) is 0 Å². The van der Waals surface area contributed by atoms with Crippen molar-refractivity contribution in [3.05, 3.63) is 63.0 Å². The molecular formula is C18H16BrN3O3. The Morgan fingerprint density at radius 1 is 1.32 bits per heavy atom. The molecule has 2 aromatic rings. The third-order valence-electron chi connectivity index (χ3n) is 3.46. The van der Waals surface area contributed by atoms with E-state index in [4.69, 9.17) is 6.42 Å². The third kappa shape index (κ3) is 4.81. The summed E-state index contributed by atoms with van der Waals surface area (Å²) in [5.41, 5.74) is 0.771. The summed E-state index contributed by atoms with van der Waals surface area (Å²) in [5, 5.41) is 2.48. The number of nitrogens with one attached hydrogen (secondary N) is 1. The number of benzene rings is 1. The second-order valence-corrected chi connectivity index (χ2v) is 6.08. The summed E-state index contributed by atoms with van der Waals surface area (Å²) in [6.45, 7) is -0.373. The van der Waals surface area contributed by atoms with Gasteiger partial charge in [-0.05, 0) is 40.2 Å². The van der Waals surface area contributed by atoms with E-state index in [1.165, 1.54) is 28.8 Å². The van der Waals surface area contributed by atoms with Crippen LogP contribution in [0.1, 0.15) is 5.56 Å². The first-order valence-electron chi connectivity index (χ1n) is 7.38. The molecule has 0 aliphatic carbocycles. The van der Waals surface area contributed by atoms with E-state index >= 15 is 0 Å². The molecule has 0 saturated carbocycles. The van der Waals surface area contributed by atoms with Crippen LogP contribution in [-0.4, -0.2) is 30.0 Å². The van der Waals surface area contributed by atoms with Gasteiger partial charge in [0.15, 0.2) is 0 Å². The first-order chi connectivity index (χ1) is 11.9. The fourth-order valence-electron chi connectivity index (χ4n) is 2.17. The topological polar surface area (TPSA) is 71.4 Å². The maximum atomic E-state index is 12.7. The highest BCUT2D eigenvalue weighted by Gasteiger charge is 2.19. The van der Waals surface area contributed by atoms with E-state index < -0.39 is 5.91 Å². The molecule has 0 atom stereocenters. The third-order valence-corrected chi connectivity index (χ3v) is 3.93. The van der Waals surface area contributed by atoms with Crippen molar-refractivity contribution in [2.24, 2.45) is 0 Å². The number of nitrogens with zero attached hydrogens (tertiary/aromatic N) is 2. The first-order valence-corrected chi connectivity index (χ1v) is 8.17. The molecule has 0 bridgehead atoms. The molecule has 128 valence electrons. The number of halogens is 1. The number of hydrogen-bond donors (Lipinski definition) is 1. The number of rotatable bonds is 5. The van der Waals surface area contributed by atoms with Crippen LogP contribution in [0.15, 0.2) is 51.9 Å². The van der Waals surface area contributed by atoms with E-state index in [2.05, 4.69) is 27.2 Å². The van der Waals surface area contributed by atoms with Crippen molar-refractivity contribution >= 4 is 33.4 Å². The van der Waals surface area contributed by atoms with Gasteiger partial charge in [0.25, 0.3) is 5.56 Å². The summed E-state index contributed by atoms with van der Waals surface area (Å²) in [7, 11) is 1.49. The van der Waals surface area contributed by atoms with Crippen LogP contribution >= 0.6 is 15.9 Å². The Bertz CT molecular complexity index is 899. The molecule has 0 radical (unpaired) electrons. The van der Waals surface area contributed by atoms with E-state index in [1.807, 2.05) is 0 Å². The maximum Gasteiger partial charge on any atom is 0.251 e. The zero-order valence-electron chi connectivity index (χ0n) is 13.5. The lowest BCUT2D eigenvalue weighted by Crippen LogP contribution is -2.42. The quantitative estimate of drug-likeness (QED) is 0.769. The molecule has 0 unspecified atom stereocenters. The molecule has 0 spiro atoms. The predicted octanol–water partition coefficient (Wildman–Crippen LogP) is 1.37. The highest BCUT2D eigenvalue weighted by atomic mass is 79.9. The number of likely N-dealkylation sites (N-methyl/N-ethyl adjacent to an activating group) is 1. The van der Waals surface area contributed by atoms with Gasteiger partial charge >= 0.3 is 0 Å². The van der Waals surface area contributed by atoms with Crippen molar-refractivity contribution in [2.45, 2.75) is 6.54 Å². The standard InChI is InChI=1S/C18H16BrN3O3/c1-3-13-5-4-6-15(9-13)22(11-16(23)20-2)18(25)12-21-10-14(19)7-8-17(21)24/h1,4-10H,11-12H2,2H3,(H,20,23). The molecule has 0 aliphatic rings. The summed E-state index contributed by atoms with van der Waals surface area (Å²) in [5.74, 6) is 1.76. The molecule has 0 aliphatic heterocycles. The van der Waals surface area contributed by atoms with E-state index in [1.54, 1.807) is 30.3 Å². The van der Waals surface area contributed by atoms with E-state index in [0.717, 1.165) is 0 Å². The summed E-state index contributed by atoms with van der Waals surface area (Å²) in [4.78, 5) is 37.8. The zero-order chi connectivity index (χ0) is 18.4. The van der Waals surface area contributed by atoms with Gasteiger partial charge in [0.2, 0.25) is 11.8 Å². The Balaban J connectivity index is 2.35. The monoisotopic (exact) mass is 401 g/mol. The minimum Gasteiger partial charge on any atom is -0.358 e. The van der Waals surface area contributed by atoms with Crippen LogP contribution in [0.4, 0.5) is 5.69 Å². The van der Waals surface area contributed by atoms with Gasteiger partial charge in [-0.3, -0.25) is 14.4 Å². The molecule has 1 heterocycles. The van der Waals surface area contributed by atoms with Crippen molar-refractivity contribution in [1.29, 1.82) is 0 Å². The van der Waals surface area contributed by atoms with Crippen molar-refractivity contribution < 1.29 is 9.59 Å². The summed E-state index contributed by atoms with van der Waals surface area (Å²) >= 11 is 3.27. The largest absolute Gasteiger partial charge is 0.358 e. The number of terminal acetylenes is 1. The van der Waals surface area contributed by atoms with Gasteiger partial charge in [0.1, 0.15) is 13.1 Å². The molecule has 1 aromatic heterocycles. The summed E-state index contributed by atoms with van der Waals surface area (Å²) < 4.78 is 1.95. The van der Waals surface area contributed by atoms with Gasteiger partial charge in [-0.2, -0.15) is 0 Å². The number of carbonyl (C=O) groups excluding carboxylic acids is 2. The lowest BCUT2D eigenvalue weighted by atomic mass is 10.2. The Morgan fingerprint density at radius 3 is 2.76 bits per heavy atom. The first kappa shape index (κ1) is 18.5. The van der Waals surface area contributed by atoms with Gasteiger partial charge < -0.3 is 14.8 Å². The van der Waals surface area contributed by atoms with Gasteiger partial charge in [-0.1, -0.05) is 12.0 Å². The molecule has 25 heavy (non-hydrogen) atoms. The van der Waals surface area contributed by atoms with Crippen molar-refractivity contribution in [2.75, 3.05) is 18.5 Å². The van der Waals surface area contributed by atoms with E-state index in [-0.39, 0.29) is 24.6 Å². The lowest BCUT2D eigenvalue weighted by Gasteiger charge is -2.22. The number of amides is 2. The van der Waals surface area contributed by atoms with Gasteiger partial charge in [0, 0.05) is 35.0 Å². The van der Waals surface area contributed by atoms with Gasteiger partial charge in [-0.25, -0.2) is 0 Å². The molecular weight excluding hydrogens is 386 g/mol. The van der Waals surface area contributed by atoms with Crippen LogP contribution in [0.2, 0.25) is 0 Å². The van der Waals surface area contributed by atoms with Crippen LogP contribution < -0.4 is 15.8 Å². The molecule has 0 saturated heterocycles. The fourth-order valence-corrected chi connectivity index (χ4v) is 2.55. The Labute approximate surface area is 153 Å². The smallest absolute Gasteiger partial charge is 0.251 e. The normalized spacial score (nSPS) is 9.96. The molecule has 6 nitrogen and oxygen atoms in total. The molecule has 2 rings (SSSR count). The van der Waals surface area contributed by atoms with Crippen molar-refractivity contribution in [3.8, 4) is 12.3 Å². The Hall–Kier alpha value is -2.85. The number of aromatic nitrogens is 1. The number of pyridine rings is 1. The SMILES string of the molecule is C#Cc1cccc(N(CC(=O)NC)C(=O)Cn2cc(Br)ccc2=O)c1. The van der Waals surface area contributed by atoms with E-state index in [9.17, 15) is 14.4 Å². The van der Waals surface area contributed by atoms with E-state index in [0.29, 0.717) is 15.7 Å². The van der Waals surface area contributed by atoms with Crippen LogP contribution in [0.3, 0.4) is 0 Å². The maximum absolute atomic E-state index is 12.7. The van der Waals surface area contributed by atoms with Crippen LogP contribution in [0.25, 0.3) is 0 Å². The van der Waals surface area contributed by atoms with Crippen LogP contribution in [-0.2, 0) is 16.1 Å². The second-order valence-electron chi connectivity index (χ2n) is 5.16. The average Bonchev–Trinajstić information content (AvgIpc) is 2.62. The van der Waals surface area contributed by atoms with Gasteiger partial charge in [-0.15, -0.1) is 6.42 Å². The Morgan fingerprint density at radius 2 is 2.08 bits per heavy atom. The average molecular weight is 402 g/mol. The lowest BCUT2D eigenvalue weighted by molar-refractivity contribution is -0.123. The summed E-state index contributed by atoms with van der Waals surface area (Å²) in [6, 6.07) is 9.72. The zero-order valence-corrected chi connectivity index (χ0v) is 15.1. The molecule has 1 aromatic carbocycles. The molecule has 1 N–H and O–H groups in total. The summed E-state index contributed by atoms with van der Waals surface area (Å²) in [6.07, 6.45) is 6.92. The van der Waals surface area contributed by atoms with Crippen molar-refractivity contribution in [1.82, 2.24) is 9.88 Å². The highest BCUT2D eigenvalue weighted by molar-refractivity contribution is 9.10. The van der Waals surface area contributed by atoms with Gasteiger partial charge in [0.05, 0.1) is 0 Å². The number of anilines is 1. The Kier molecular flexibility index (Phi) is 6.14. The molecule has 7 heteroatoms. The minimum absolute atomic E-state index is 0.174.